The summed E-state index contributed by atoms with van der Waals surface area (Å²) in [5.74, 6) is 2.30. The summed E-state index contributed by atoms with van der Waals surface area (Å²) in [5, 5.41) is 7.22. The molecule has 3 fully saturated rings. The lowest BCUT2D eigenvalue weighted by Gasteiger charge is -2.39. The van der Waals surface area contributed by atoms with Crippen molar-refractivity contribution in [3.05, 3.63) is 11.7 Å². The van der Waals surface area contributed by atoms with E-state index in [1.807, 2.05) is 6.92 Å². The van der Waals surface area contributed by atoms with E-state index in [2.05, 4.69) is 32.2 Å². The first-order valence-corrected chi connectivity index (χ1v) is 9.24. The van der Waals surface area contributed by atoms with Crippen molar-refractivity contribution in [1.29, 1.82) is 0 Å². The topological polar surface area (TPSA) is 74.5 Å². The molecule has 1 amide bonds. The van der Waals surface area contributed by atoms with Gasteiger partial charge in [0.25, 0.3) is 0 Å². The molecule has 0 radical (unpaired) electrons. The number of hydrogen-bond acceptors (Lipinski definition) is 6. The van der Waals surface area contributed by atoms with Crippen molar-refractivity contribution in [3.8, 4) is 0 Å². The maximum absolute atomic E-state index is 12.2. The van der Waals surface area contributed by atoms with Crippen molar-refractivity contribution in [1.82, 2.24) is 25.3 Å². The fourth-order valence-electron chi connectivity index (χ4n) is 3.31. The molecule has 0 unspecified atom stereocenters. The van der Waals surface area contributed by atoms with Gasteiger partial charge in [0.15, 0.2) is 5.82 Å². The predicted octanol–water partition coefficient (Wildman–Crippen LogP) is 1.29. The van der Waals surface area contributed by atoms with Crippen molar-refractivity contribution in [2.24, 2.45) is 0 Å². The Morgan fingerprint density at radius 2 is 1.79 bits per heavy atom. The molecule has 24 heavy (non-hydrogen) atoms. The van der Waals surface area contributed by atoms with Gasteiger partial charge in [0.2, 0.25) is 11.8 Å². The maximum atomic E-state index is 12.2. The van der Waals surface area contributed by atoms with E-state index < -0.39 is 0 Å². The molecule has 2 saturated carbocycles. The highest BCUT2D eigenvalue weighted by molar-refractivity contribution is 5.81. The quantitative estimate of drug-likeness (QED) is 0.846. The second kappa shape index (κ2) is 6.44. The Labute approximate surface area is 142 Å². The first-order chi connectivity index (χ1) is 11.6. The first kappa shape index (κ1) is 16.0. The third kappa shape index (κ3) is 3.47. The molecule has 2 heterocycles. The molecule has 4 rings (SSSR count). The van der Waals surface area contributed by atoms with Gasteiger partial charge in [0.05, 0.1) is 12.1 Å². The molecule has 2 aliphatic carbocycles. The van der Waals surface area contributed by atoms with Gasteiger partial charge in [-0.3, -0.25) is 14.6 Å². The van der Waals surface area contributed by atoms with Crippen LogP contribution in [0.3, 0.4) is 0 Å². The van der Waals surface area contributed by atoms with Crippen LogP contribution in [-0.2, 0) is 4.79 Å². The zero-order valence-electron chi connectivity index (χ0n) is 14.6. The molecule has 2 atom stereocenters. The summed E-state index contributed by atoms with van der Waals surface area (Å²) >= 11 is 0. The Hall–Kier alpha value is -1.47. The molecule has 1 N–H and O–H groups in total. The highest BCUT2D eigenvalue weighted by Gasteiger charge is 2.33. The van der Waals surface area contributed by atoms with E-state index in [0.29, 0.717) is 12.0 Å². The Morgan fingerprint density at radius 1 is 1.12 bits per heavy atom. The zero-order valence-corrected chi connectivity index (χ0v) is 14.6. The molecule has 0 bridgehead atoms. The largest absolute Gasteiger partial charge is 0.352 e. The maximum Gasteiger partial charge on any atom is 0.243 e. The van der Waals surface area contributed by atoms with Crippen LogP contribution < -0.4 is 5.32 Å². The molecule has 1 aliphatic heterocycles. The lowest BCUT2D eigenvalue weighted by molar-refractivity contribution is -0.126. The molecular weight excluding hydrogens is 306 g/mol. The van der Waals surface area contributed by atoms with Crippen LogP contribution in [0.5, 0.6) is 0 Å². The van der Waals surface area contributed by atoms with E-state index in [1.54, 1.807) is 0 Å². The average molecular weight is 333 g/mol. The van der Waals surface area contributed by atoms with Gasteiger partial charge in [0.1, 0.15) is 0 Å². The normalized spacial score (nSPS) is 25.4. The molecule has 1 aromatic rings. The predicted molar refractivity (Wildman–Crippen MR) is 88.5 cm³/mol. The number of carbonyl (C=O) groups excluding carboxylic acids is 1. The zero-order chi connectivity index (χ0) is 16.7. The van der Waals surface area contributed by atoms with Crippen LogP contribution in [0.1, 0.15) is 63.2 Å². The van der Waals surface area contributed by atoms with Crippen LogP contribution in [0.15, 0.2) is 4.52 Å². The van der Waals surface area contributed by atoms with E-state index in [9.17, 15) is 4.79 Å². The molecule has 7 heteroatoms. The van der Waals surface area contributed by atoms with Gasteiger partial charge in [-0.25, -0.2) is 0 Å². The lowest BCUT2D eigenvalue weighted by atomic mass is 10.2. The second-order valence-corrected chi connectivity index (χ2v) is 7.47. The third-order valence-electron chi connectivity index (χ3n) is 5.50. The van der Waals surface area contributed by atoms with Crippen molar-refractivity contribution in [3.63, 3.8) is 0 Å². The van der Waals surface area contributed by atoms with Gasteiger partial charge in [-0.2, -0.15) is 4.98 Å². The van der Waals surface area contributed by atoms with E-state index in [0.717, 1.165) is 50.7 Å². The summed E-state index contributed by atoms with van der Waals surface area (Å²) < 4.78 is 5.46. The molecule has 7 nitrogen and oxygen atoms in total. The average Bonchev–Trinajstić information content (AvgIpc) is 3.54. The van der Waals surface area contributed by atoms with Crippen molar-refractivity contribution in [2.45, 2.75) is 63.6 Å². The van der Waals surface area contributed by atoms with Crippen molar-refractivity contribution < 1.29 is 9.32 Å². The van der Waals surface area contributed by atoms with E-state index in [4.69, 9.17) is 4.52 Å². The minimum absolute atomic E-state index is 0.0482. The molecule has 3 aliphatic rings. The summed E-state index contributed by atoms with van der Waals surface area (Å²) in [7, 11) is 0. The highest BCUT2D eigenvalue weighted by Crippen LogP contribution is 2.38. The molecule has 1 saturated heterocycles. The summed E-state index contributed by atoms with van der Waals surface area (Å²) in [4.78, 5) is 21.4. The molecule has 0 spiro atoms. The monoisotopic (exact) mass is 333 g/mol. The van der Waals surface area contributed by atoms with Crippen LogP contribution in [0.2, 0.25) is 0 Å². The Morgan fingerprint density at radius 3 is 2.42 bits per heavy atom. The SMILES string of the molecule is C[C@H](c1nc(C2CC2)no1)N1CCN([C@@H](C)C(=O)NC2CC2)CC1. The van der Waals surface area contributed by atoms with Gasteiger partial charge < -0.3 is 9.84 Å². The van der Waals surface area contributed by atoms with Gasteiger partial charge in [-0.05, 0) is 39.5 Å². The van der Waals surface area contributed by atoms with E-state index >= 15 is 0 Å². The smallest absolute Gasteiger partial charge is 0.243 e. The van der Waals surface area contributed by atoms with Gasteiger partial charge >= 0.3 is 0 Å². The number of aromatic nitrogens is 2. The van der Waals surface area contributed by atoms with Crippen LogP contribution in [0, 0.1) is 0 Å². The number of hydrogen-bond donors (Lipinski definition) is 1. The van der Waals surface area contributed by atoms with Gasteiger partial charge in [0, 0.05) is 38.1 Å². The van der Waals surface area contributed by atoms with Crippen LogP contribution in [0.4, 0.5) is 0 Å². The molecule has 132 valence electrons. The second-order valence-electron chi connectivity index (χ2n) is 7.47. The van der Waals surface area contributed by atoms with Crippen LogP contribution in [-0.4, -0.2) is 64.1 Å². The van der Waals surface area contributed by atoms with Crippen molar-refractivity contribution >= 4 is 5.91 Å². The summed E-state index contributed by atoms with van der Waals surface area (Å²) in [6.07, 6.45) is 4.65. The fraction of sp³-hybridized carbons (Fsp3) is 0.824. The van der Waals surface area contributed by atoms with E-state index in [1.165, 1.54) is 12.8 Å². The third-order valence-corrected chi connectivity index (χ3v) is 5.50. The Kier molecular flexibility index (Phi) is 4.30. The fourth-order valence-corrected chi connectivity index (χ4v) is 3.31. The molecular formula is C17H27N5O2. The molecule has 0 aromatic carbocycles. The number of nitrogens with zero attached hydrogens (tertiary/aromatic N) is 4. The van der Waals surface area contributed by atoms with E-state index in [-0.39, 0.29) is 18.0 Å². The lowest BCUT2D eigenvalue weighted by Crippen LogP contribution is -2.54. The Balaban J connectivity index is 1.28. The standard InChI is InChI=1S/C17H27N5O2/c1-11(16(23)18-14-5-6-14)21-7-9-22(10-8-21)12(2)17-19-15(20-24-17)13-3-4-13/h11-14H,3-10H2,1-2H3,(H,18,23)/t11-,12+/m0/s1. The Bertz CT molecular complexity index is 588. The van der Waals surface area contributed by atoms with Crippen molar-refractivity contribution in [2.75, 3.05) is 26.2 Å². The molecule has 1 aromatic heterocycles. The number of carbonyl (C=O) groups is 1. The van der Waals surface area contributed by atoms with Crippen LogP contribution >= 0.6 is 0 Å². The minimum atomic E-state index is -0.0482. The number of rotatable bonds is 6. The summed E-state index contributed by atoms with van der Waals surface area (Å²) in [5.41, 5.74) is 0. The van der Waals surface area contributed by atoms with Gasteiger partial charge in [-0.1, -0.05) is 5.16 Å². The van der Waals surface area contributed by atoms with Crippen LogP contribution in [0.25, 0.3) is 0 Å². The summed E-state index contributed by atoms with van der Waals surface area (Å²) in [6.45, 7) is 7.77. The van der Waals surface area contributed by atoms with Gasteiger partial charge in [-0.15, -0.1) is 0 Å². The number of piperazine rings is 1. The summed E-state index contributed by atoms with van der Waals surface area (Å²) in [6, 6.07) is 0.523. The highest BCUT2D eigenvalue weighted by atomic mass is 16.5. The number of amides is 1. The first-order valence-electron chi connectivity index (χ1n) is 9.24. The minimum Gasteiger partial charge on any atom is -0.352 e. The number of nitrogens with one attached hydrogen (secondary N) is 1.